The minimum atomic E-state index is -0.449. The molecule has 0 aliphatic heterocycles. The smallest absolute Gasteiger partial charge is 0.186 e. The summed E-state index contributed by atoms with van der Waals surface area (Å²) in [6, 6.07) is 0. The second-order valence-corrected chi connectivity index (χ2v) is 5.39. The van der Waals surface area contributed by atoms with Crippen LogP contribution in [0.25, 0.3) is 0 Å². The van der Waals surface area contributed by atoms with Gasteiger partial charge in [-0.05, 0) is 26.7 Å². The monoisotopic (exact) mass is 281 g/mol. The van der Waals surface area contributed by atoms with Crippen LogP contribution in [0.1, 0.15) is 57.0 Å². The number of halogens is 1. The summed E-state index contributed by atoms with van der Waals surface area (Å²) in [5.41, 5.74) is -0.0716. The molecule has 0 bridgehead atoms. The van der Waals surface area contributed by atoms with Crippen molar-refractivity contribution < 1.29 is 9.13 Å². The first kappa shape index (κ1) is 15.2. The molecule has 112 valence electrons. The van der Waals surface area contributed by atoms with Crippen LogP contribution in [0, 0.1) is 12.7 Å². The average Bonchev–Trinajstić information content (AvgIpc) is 2.68. The summed E-state index contributed by atoms with van der Waals surface area (Å²) in [6.45, 7) is 4.29. The van der Waals surface area contributed by atoms with Crippen molar-refractivity contribution in [1.29, 1.82) is 0 Å². The van der Waals surface area contributed by atoms with Gasteiger partial charge in [0.15, 0.2) is 17.5 Å². The highest BCUT2D eigenvalue weighted by Gasteiger charge is 2.37. The molecule has 1 saturated carbocycles. The first-order valence-corrected chi connectivity index (χ1v) is 7.49. The highest BCUT2D eigenvalue weighted by atomic mass is 19.1. The number of ether oxygens (including phenoxy) is 1. The summed E-state index contributed by atoms with van der Waals surface area (Å²) in [5.74, 6) is 0.511. The maximum Gasteiger partial charge on any atom is 0.186 e. The molecular formula is C15H24FN3O. The molecule has 1 aromatic rings. The van der Waals surface area contributed by atoms with Gasteiger partial charge in [-0.1, -0.05) is 25.7 Å². The van der Waals surface area contributed by atoms with Crippen molar-refractivity contribution in [2.75, 3.05) is 19.0 Å². The standard InChI is InChI=1S/C15H24FN3O/c1-4-20-15(9-7-5-6-8-10-15)14-18-11(2)12(16)13(17-3)19-14/h4-10H2,1-3H3,(H,17,18,19). The second-order valence-electron chi connectivity index (χ2n) is 5.39. The van der Waals surface area contributed by atoms with E-state index >= 15 is 0 Å². The third kappa shape index (κ3) is 2.92. The Morgan fingerprint density at radius 1 is 1.20 bits per heavy atom. The first-order valence-electron chi connectivity index (χ1n) is 7.49. The molecular weight excluding hydrogens is 257 g/mol. The molecule has 0 radical (unpaired) electrons. The summed E-state index contributed by atoms with van der Waals surface area (Å²) in [5, 5.41) is 2.81. The Kier molecular flexibility index (Phi) is 4.91. The molecule has 0 atom stereocenters. The lowest BCUT2D eigenvalue weighted by Crippen LogP contribution is -2.32. The van der Waals surface area contributed by atoms with E-state index in [1.165, 1.54) is 12.8 Å². The summed E-state index contributed by atoms with van der Waals surface area (Å²) in [4.78, 5) is 8.77. The fourth-order valence-electron chi connectivity index (χ4n) is 2.94. The van der Waals surface area contributed by atoms with E-state index in [2.05, 4.69) is 15.3 Å². The van der Waals surface area contributed by atoms with Crippen molar-refractivity contribution in [1.82, 2.24) is 9.97 Å². The van der Waals surface area contributed by atoms with Gasteiger partial charge in [0.2, 0.25) is 0 Å². The summed E-state index contributed by atoms with van der Waals surface area (Å²) >= 11 is 0. The van der Waals surface area contributed by atoms with E-state index in [0.717, 1.165) is 25.7 Å². The highest BCUT2D eigenvalue weighted by Crippen LogP contribution is 2.38. The molecule has 1 fully saturated rings. The van der Waals surface area contributed by atoms with Gasteiger partial charge in [0.25, 0.3) is 0 Å². The van der Waals surface area contributed by atoms with E-state index in [-0.39, 0.29) is 11.6 Å². The van der Waals surface area contributed by atoms with E-state index < -0.39 is 5.60 Å². The van der Waals surface area contributed by atoms with Crippen molar-refractivity contribution >= 4 is 5.82 Å². The summed E-state index contributed by atoms with van der Waals surface area (Å²) < 4.78 is 20.0. The number of nitrogens with zero attached hydrogens (tertiary/aromatic N) is 2. The van der Waals surface area contributed by atoms with Crippen LogP contribution in [-0.4, -0.2) is 23.6 Å². The molecule has 20 heavy (non-hydrogen) atoms. The molecule has 0 unspecified atom stereocenters. The Labute approximate surface area is 120 Å². The number of aromatic nitrogens is 2. The van der Waals surface area contributed by atoms with Crippen LogP contribution in [-0.2, 0) is 10.3 Å². The van der Waals surface area contributed by atoms with Crippen LogP contribution < -0.4 is 5.32 Å². The van der Waals surface area contributed by atoms with Gasteiger partial charge < -0.3 is 10.1 Å². The predicted octanol–water partition coefficient (Wildman–Crippen LogP) is 3.55. The van der Waals surface area contributed by atoms with Crippen molar-refractivity contribution in [3.63, 3.8) is 0 Å². The number of nitrogens with one attached hydrogen (secondary N) is 1. The van der Waals surface area contributed by atoms with Crippen LogP contribution in [0.15, 0.2) is 0 Å². The van der Waals surface area contributed by atoms with Gasteiger partial charge in [0.05, 0.1) is 5.69 Å². The second kappa shape index (κ2) is 6.48. The highest BCUT2D eigenvalue weighted by molar-refractivity contribution is 5.38. The van der Waals surface area contributed by atoms with Crippen LogP contribution in [0.2, 0.25) is 0 Å². The molecule has 1 heterocycles. The zero-order valence-electron chi connectivity index (χ0n) is 12.6. The van der Waals surface area contributed by atoms with Crippen LogP contribution in [0.4, 0.5) is 10.2 Å². The molecule has 1 aliphatic carbocycles. The molecule has 0 aromatic carbocycles. The molecule has 2 rings (SSSR count). The van der Waals surface area contributed by atoms with Gasteiger partial charge in [-0.25, -0.2) is 14.4 Å². The van der Waals surface area contributed by atoms with Crippen molar-refractivity contribution in [3.05, 3.63) is 17.3 Å². The van der Waals surface area contributed by atoms with Crippen LogP contribution >= 0.6 is 0 Å². The topological polar surface area (TPSA) is 47.0 Å². The number of anilines is 1. The molecule has 0 spiro atoms. The average molecular weight is 281 g/mol. The van der Waals surface area contributed by atoms with E-state index in [0.29, 0.717) is 18.1 Å². The number of aryl methyl sites for hydroxylation is 1. The number of hydrogen-bond acceptors (Lipinski definition) is 4. The minimum absolute atomic E-state index is 0.260. The Bertz CT molecular complexity index is 457. The van der Waals surface area contributed by atoms with Gasteiger partial charge in [-0.15, -0.1) is 0 Å². The molecule has 4 nitrogen and oxygen atoms in total. The van der Waals surface area contributed by atoms with Gasteiger partial charge in [-0.3, -0.25) is 0 Å². The Balaban J connectivity index is 2.45. The van der Waals surface area contributed by atoms with E-state index in [4.69, 9.17) is 4.74 Å². The predicted molar refractivity (Wildman–Crippen MR) is 77.3 cm³/mol. The fraction of sp³-hybridized carbons (Fsp3) is 0.733. The Hall–Kier alpha value is -1.23. The van der Waals surface area contributed by atoms with E-state index in [1.54, 1.807) is 14.0 Å². The van der Waals surface area contributed by atoms with Crippen molar-refractivity contribution in [2.24, 2.45) is 0 Å². The lowest BCUT2D eigenvalue weighted by Gasteiger charge is -2.31. The number of hydrogen-bond donors (Lipinski definition) is 1. The van der Waals surface area contributed by atoms with Gasteiger partial charge >= 0.3 is 0 Å². The molecule has 0 amide bonds. The lowest BCUT2D eigenvalue weighted by molar-refractivity contribution is -0.0625. The van der Waals surface area contributed by atoms with Gasteiger partial charge in [-0.2, -0.15) is 0 Å². The van der Waals surface area contributed by atoms with E-state index in [1.807, 2.05) is 6.92 Å². The third-order valence-corrected chi connectivity index (χ3v) is 3.99. The largest absolute Gasteiger partial charge is 0.371 e. The molecule has 1 N–H and O–H groups in total. The molecule has 5 heteroatoms. The third-order valence-electron chi connectivity index (χ3n) is 3.99. The molecule has 1 aromatic heterocycles. The van der Waals surface area contributed by atoms with Crippen molar-refractivity contribution in [3.8, 4) is 0 Å². The lowest BCUT2D eigenvalue weighted by atomic mass is 9.92. The molecule has 0 saturated heterocycles. The fourth-order valence-corrected chi connectivity index (χ4v) is 2.94. The van der Waals surface area contributed by atoms with Gasteiger partial charge in [0, 0.05) is 13.7 Å². The van der Waals surface area contributed by atoms with Crippen molar-refractivity contribution in [2.45, 2.75) is 58.0 Å². The Morgan fingerprint density at radius 2 is 1.85 bits per heavy atom. The zero-order chi connectivity index (χ0) is 14.6. The zero-order valence-corrected chi connectivity index (χ0v) is 12.6. The SMILES string of the molecule is CCOC1(c2nc(C)c(F)c(NC)n2)CCCCCC1. The maximum absolute atomic E-state index is 13.9. The van der Waals surface area contributed by atoms with Crippen LogP contribution in [0.5, 0.6) is 0 Å². The van der Waals surface area contributed by atoms with Gasteiger partial charge in [0.1, 0.15) is 5.60 Å². The normalized spacial score (nSPS) is 18.6. The molecule has 1 aliphatic rings. The first-order chi connectivity index (χ1) is 9.63. The Morgan fingerprint density at radius 3 is 2.40 bits per heavy atom. The van der Waals surface area contributed by atoms with Crippen LogP contribution in [0.3, 0.4) is 0 Å². The minimum Gasteiger partial charge on any atom is -0.371 e. The number of rotatable bonds is 4. The summed E-state index contributed by atoms with van der Waals surface area (Å²) in [7, 11) is 1.68. The van der Waals surface area contributed by atoms with E-state index in [9.17, 15) is 4.39 Å². The summed E-state index contributed by atoms with van der Waals surface area (Å²) in [6.07, 6.45) is 6.47. The maximum atomic E-state index is 13.9. The quantitative estimate of drug-likeness (QED) is 0.857.